The number of rotatable bonds is 7. The number of ether oxygens (including phenoxy) is 1. The number of thiophene rings is 1. The Labute approximate surface area is 158 Å². The van der Waals surface area contributed by atoms with E-state index in [4.69, 9.17) is 11.6 Å². The summed E-state index contributed by atoms with van der Waals surface area (Å²) >= 11 is 7.24. The molecule has 0 bridgehead atoms. The summed E-state index contributed by atoms with van der Waals surface area (Å²) < 4.78 is 5.19. The lowest BCUT2D eigenvalue weighted by molar-refractivity contribution is -0.384. The number of methoxy groups -OCH3 is 1. The van der Waals surface area contributed by atoms with Crippen LogP contribution in [0.2, 0.25) is 4.34 Å². The lowest BCUT2D eigenvalue weighted by Crippen LogP contribution is -2.30. The smallest absolute Gasteiger partial charge is 0.338 e. The largest absolute Gasteiger partial charge is 0.465 e. The Kier molecular flexibility index (Phi) is 6.48. The van der Waals surface area contributed by atoms with Crippen LogP contribution in [0.5, 0.6) is 0 Å². The molecule has 0 unspecified atom stereocenters. The number of benzene rings is 1. The molecule has 9 heteroatoms. The second-order valence-electron chi connectivity index (χ2n) is 5.20. The second-order valence-corrected chi connectivity index (χ2v) is 7.00. The molecule has 1 amide bonds. The van der Waals surface area contributed by atoms with E-state index in [9.17, 15) is 19.7 Å². The number of esters is 1. The fourth-order valence-corrected chi connectivity index (χ4v) is 3.36. The fraction of sp³-hybridized carbons (Fsp3) is 0.176. The van der Waals surface area contributed by atoms with Crippen molar-refractivity contribution in [3.05, 3.63) is 73.4 Å². The molecule has 0 aliphatic carbocycles. The minimum absolute atomic E-state index is 0.0177. The predicted molar refractivity (Wildman–Crippen MR) is 98.7 cm³/mol. The Morgan fingerprint density at radius 2 is 2.04 bits per heavy atom. The summed E-state index contributed by atoms with van der Waals surface area (Å²) in [6.45, 7) is 4.12. The van der Waals surface area contributed by atoms with Crippen LogP contribution in [-0.2, 0) is 11.3 Å². The molecule has 2 aromatic rings. The number of halogens is 1. The molecule has 0 spiro atoms. The van der Waals surface area contributed by atoms with Crippen molar-refractivity contribution >= 4 is 40.5 Å². The number of carbonyl (C=O) groups excluding carboxylic acids is 2. The third-order valence-electron chi connectivity index (χ3n) is 3.41. The zero-order chi connectivity index (χ0) is 19.3. The van der Waals surface area contributed by atoms with Gasteiger partial charge in [0.2, 0.25) is 0 Å². The zero-order valence-electron chi connectivity index (χ0n) is 13.8. The van der Waals surface area contributed by atoms with Crippen LogP contribution in [0.3, 0.4) is 0 Å². The molecule has 0 fully saturated rings. The number of nitro benzene ring substituents is 1. The average Bonchev–Trinajstić information content (AvgIpc) is 3.04. The van der Waals surface area contributed by atoms with Crippen molar-refractivity contribution in [2.45, 2.75) is 6.54 Å². The van der Waals surface area contributed by atoms with Gasteiger partial charge < -0.3 is 9.64 Å². The minimum Gasteiger partial charge on any atom is -0.465 e. The number of hydrogen-bond acceptors (Lipinski definition) is 6. The summed E-state index contributed by atoms with van der Waals surface area (Å²) in [6.07, 6.45) is 1.55. The average molecular weight is 395 g/mol. The van der Waals surface area contributed by atoms with Crippen molar-refractivity contribution in [2.24, 2.45) is 0 Å². The van der Waals surface area contributed by atoms with Crippen LogP contribution in [0.1, 0.15) is 25.6 Å². The molecule has 0 saturated carbocycles. The minimum atomic E-state index is -0.761. The van der Waals surface area contributed by atoms with E-state index < -0.39 is 16.8 Å². The SMILES string of the molecule is C=CCN(Cc1ccc(Cl)s1)C(=O)c1cc(C(=O)OC)cc([N+](=O)[O-])c1. The van der Waals surface area contributed by atoms with E-state index in [1.807, 2.05) is 0 Å². The van der Waals surface area contributed by atoms with Gasteiger partial charge in [-0.1, -0.05) is 17.7 Å². The maximum Gasteiger partial charge on any atom is 0.338 e. The van der Waals surface area contributed by atoms with Crippen LogP contribution in [0.25, 0.3) is 0 Å². The second kappa shape index (κ2) is 8.59. The Bertz CT molecular complexity index is 865. The zero-order valence-corrected chi connectivity index (χ0v) is 15.4. The van der Waals surface area contributed by atoms with E-state index in [2.05, 4.69) is 11.3 Å². The van der Waals surface area contributed by atoms with Gasteiger partial charge in [-0.15, -0.1) is 17.9 Å². The van der Waals surface area contributed by atoms with Crippen LogP contribution in [-0.4, -0.2) is 35.4 Å². The number of carbonyl (C=O) groups is 2. The maximum atomic E-state index is 12.9. The van der Waals surface area contributed by atoms with Gasteiger partial charge in [0.25, 0.3) is 11.6 Å². The molecule has 0 N–H and O–H groups in total. The van der Waals surface area contributed by atoms with Crippen LogP contribution >= 0.6 is 22.9 Å². The number of non-ortho nitro benzene ring substituents is 1. The third-order valence-corrected chi connectivity index (χ3v) is 4.62. The van der Waals surface area contributed by atoms with Gasteiger partial charge >= 0.3 is 5.97 Å². The first-order valence-electron chi connectivity index (χ1n) is 7.38. The molecule has 136 valence electrons. The van der Waals surface area contributed by atoms with Gasteiger partial charge in [-0.25, -0.2) is 4.79 Å². The highest BCUT2D eigenvalue weighted by atomic mass is 35.5. The van der Waals surface area contributed by atoms with Crippen molar-refractivity contribution in [1.29, 1.82) is 0 Å². The molecule has 1 heterocycles. The first-order chi connectivity index (χ1) is 12.3. The highest BCUT2D eigenvalue weighted by molar-refractivity contribution is 7.16. The van der Waals surface area contributed by atoms with E-state index in [-0.39, 0.29) is 29.9 Å². The van der Waals surface area contributed by atoms with Crippen molar-refractivity contribution in [3.8, 4) is 0 Å². The number of nitrogens with zero attached hydrogens (tertiary/aromatic N) is 2. The number of nitro groups is 1. The van der Waals surface area contributed by atoms with E-state index in [1.54, 1.807) is 18.2 Å². The predicted octanol–water partition coefficient (Wildman–Crippen LogP) is 3.92. The lowest BCUT2D eigenvalue weighted by atomic mass is 10.1. The van der Waals surface area contributed by atoms with Gasteiger partial charge in [0, 0.05) is 29.1 Å². The van der Waals surface area contributed by atoms with Crippen LogP contribution in [0.15, 0.2) is 43.0 Å². The first-order valence-corrected chi connectivity index (χ1v) is 8.57. The Hall–Kier alpha value is -2.71. The topological polar surface area (TPSA) is 89.8 Å². The summed E-state index contributed by atoms with van der Waals surface area (Å²) in [4.78, 5) is 37.4. The molecule has 0 aliphatic heterocycles. The first kappa shape index (κ1) is 19.6. The molecule has 1 aromatic carbocycles. The number of hydrogen-bond donors (Lipinski definition) is 0. The van der Waals surface area contributed by atoms with Crippen molar-refractivity contribution < 1.29 is 19.2 Å². The molecule has 0 radical (unpaired) electrons. The van der Waals surface area contributed by atoms with Gasteiger partial charge in [-0.05, 0) is 18.2 Å². The molecule has 1 aromatic heterocycles. The molecule has 0 atom stereocenters. The van der Waals surface area contributed by atoms with Crippen molar-refractivity contribution in [3.63, 3.8) is 0 Å². The summed E-state index contributed by atoms with van der Waals surface area (Å²) in [5, 5.41) is 11.1. The highest BCUT2D eigenvalue weighted by Gasteiger charge is 2.22. The van der Waals surface area contributed by atoms with E-state index in [0.717, 1.165) is 24.1 Å². The molecular formula is C17H15ClN2O5S. The lowest BCUT2D eigenvalue weighted by Gasteiger charge is -2.20. The van der Waals surface area contributed by atoms with Crippen LogP contribution in [0, 0.1) is 10.1 Å². The molecule has 2 rings (SSSR count). The highest BCUT2D eigenvalue weighted by Crippen LogP contribution is 2.24. The van der Waals surface area contributed by atoms with Crippen LogP contribution < -0.4 is 0 Å². The molecule has 0 saturated heterocycles. The molecular weight excluding hydrogens is 380 g/mol. The Morgan fingerprint density at radius 3 is 2.58 bits per heavy atom. The van der Waals surface area contributed by atoms with E-state index >= 15 is 0 Å². The van der Waals surface area contributed by atoms with Gasteiger partial charge in [0.05, 0.1) is 28.5 Å². The normalized spacial score (nSPS) is 10.2. The third kappa shape index (κ3) is 4.68. The monoisotopic (exact) mass is 394 g/mol. The molecule has 7 nitrogen and oxygen atoms in total. The Morgan fingerprint density at radius 1 is 1.35 bits per heavy atom. The summed E-state index contributed by atoms with van der Waals surface area (Å²) in [5.41, 5.74) is -0.416. The summed E-state index contributed by atoms with van der Waals surface area (Å²) in [7, 11) is 1.16. The van der Waals surface area contributed by atoms with Crippen molar-refractivity contribution in [1.82, 2.24) is 4.90 Å². The maximum absolute atomic E-state index is 12.9. The van der Waals surface area contributed by atoms with Crippen LogP contribution in [0.4, 0.5) is 5.69 Å². The van der Waals surface area contributed by atoms with Gasteiger partial charge in [0.1, 0.15) is 0 Å². The molecule has 0 aliphatic rings. The molecule has 26 heavy (non-hydrogen) atoms. The Balaban J connectivity index is 2.40. The summed E-state index contributed by atoms with van der Waals surface area (Å²) in [5.74, 6) is -1.23. The van der Waals surface area contributed by atoms with Crippen molar-refractivity contribution in [2.75, 3.05) is 13.7 Å². The van der Waals surface area contributed by atoms with E-state index in [1.165, 1.54) is 22.3 Å². The van der Waals surface area contributed by atoms with Gasteiger partial charge in [0.15, 0.2) is 0 Å². The number of amides is 1. The standard InChI is InChI=1S/C17H15ClN2O5S/c1-3-6-19(10-14-4-5-15(18)26-14)16(21)11-7-12(17(22)25-2)9-13(8-11)20(23)24/h3-5,7-9H,1,6,10H2,2H3. The van der Waals surface area contributed by atoms with Gasteiger partial charge in [-0.2, -0.15) is 0 Å². The fourth-order valence-electron chi connectivity index (χ4n) is 2.26. The quantitative estimate of drug-likeness (QED) is 0.307. The summed E-state index contributed by atoms with van der Waals surface area (Å²) in [6, 6.07) is 6.99. The van der Waals surface area contributed by atoms with E-state index in [0.29, 0.717) is 4.34 Å². The van der Waals surface area contributed by atoms with Gasteiger partial charge in [-0.3, -0.25) is 14.9 Å².